The standard InChI is InChI=1S/C20H29N3O4S3/c1-6-21-17-13-23(12-15-9-7-14(2)8-10-15)30(26,27)19-16(17)11-18(28-19)29(24,25)22-20(3,4)5/h7-11,17,21-22H,6,12-13H2,1-5H3. The lowest BCUT2D eigenvalue weighted by Crippen LogP contribution is -2.42. The number of likely N-dealkylation sites (N-methyl/N-ethyl adjacent to an activating group) is 1. The summed E-state index contributed by atoms with van der Waals surface area (Å²) in [5, 5.41) is 3.30. The minimum Gasteiger partial charge on any atom is -0.309 e. The summed E-state index contributed by atoms with van der Waals surface area (Å²) in [6.07, 6.45) is 0. The van der Waals surface area contributed by atoms with Crippen molar-refractivity contribution in [3.63, 3.8) is 0 Å². The van der Waals surface area contributed by atoms with E-state index in [0.29, 0.717) is 12.1 Å². The molecule has 0 spiro atoms. The van der Waals surface area contributed by atoms with Crippen molar-refractivity contribution >= 4 is 31.4 Å². The third kappa shape index (κ3) is 4.95. The highest BCUT2D eigenvalue weighted by atomic mass is 32.3. The lowest BCUT2D eigenvalue weighted by Gasteiger charge is -2.32. The summed E-state index contributed by atoms with van der Waals surface area (Å²) in [5.74, 6) is 0. The Hall–Kier alpha value is -1.30. The topological polar surface area (TPSA) is 95.6 Å². The van der Waals surface area contributed by atoms with Crippen molar-refractivity contribution in [2.24, 2.45) is 0 Å². The minimum atomic E-state index is -3.82. The lowest BCUT2D eigenvalue weighted by molar-refractivity contribution is 0.339. The van der Waals surface area contributed by atoms with Gasteiger partial charge in [0.25, 0.3) is 20.0 Å². The van der Waals surface area contributed by atoms with Crippen LogP contribution in [0.4, 0.5) is 0 Å². The number of thiophene rings is 1. The molecule has 0 saturated heterocycles. The van der Waals surface area contributed by atoms with Gasteiger partial charge in [-0.2, -0.15) is 4.31 Å². The molecule has 1 atom stereocenters. The predicted octanol–water partition coefficient (Wildman–Crippen LogP) is 2.99. The van der Waals surface area contributed by atoms with Gasteiger partial charge >= 0.3 is 0 Å². The molecule has 1 unspecified atom stereocenters. The van der Waals surface area contributed by atoms with Crippen molar-refractivity contribution in [3.8, 4) is 0 Å². The Bertz CT molecular complexity index is 1120. The monoisotopic (exact) mass is 471 g/mol. The summed E-state index contributed by atoms with van der Waals surface area (Å²) < 4.78 is 56.5. The van der Waals surface area contributed by atoms with Crippen LogP contribution in [0.2, 0.25) is 0 Å². The van der Waals surface area contributed by atoms with Gasteiger partial charge in [0.05, 0.1) is 0 Å². The summed E-state index contributed by atoms with van der Waals surface area (Å²) in [6.45, 7) is 10.3. The molecule has 166 valence electrons. The second-order valence-corrected chi connectivity index (χ2v) is 13.7. The van der Waals surface area contributed by atoms with E-state index in [-0.39, 0.29) is 27.5 Å². The van der Waals surface area contributed by atoms with E-state index in [2.05, 4.69) is 10.0 Å². The van der Waals surface area contributed by atoms with E-state index in [9.17, 15) is 16.8 Å². The fraction of sp³-hybridized carbons (Fsp3) is 0.500. The zero-order valence-electron chi connectivity index (χ0n) is 17.9. The fourth-order valence-electron chi connectivity index (χ4n) is 3.38. The molecule has 1 aliphatic rings. The first-order valence-corrected chi connectivity index (χ1v) is 13.5. The van der Waals surface area contributed by atoms with E-state index in [1.54, 1.807) is 20.8 Å². The Kier molecular flexibility index (Phi) is 6.48. The van der Waals surface area contributed by atoms with Gasteiger partial charge in [-0.15, -0.1) is 11.3 Å². The van der Waals surface area contributed by atoms with E-state index in [1.807, 2.05) is 38.1 Å². The van der Waals surface area contributed by atoms with Gasteiger partial charge in [-0.05, 0) is 45.9 Å². The molecule has 1 aromatic carbocycles. The molecular formula is C20H29N3O4S3. The van der Waals surface area contributed by atoms with Crippen LogP contribution in [0.15, 0.2) is 38.8 Å². The maximum absolute atomic E-state index is 13.3. The Labute approximate surface area is 183 Å². The van der Waals surface area contributed by atoms with Crippen LogP contribution in [0.5, 0.6) is 0 Å². The maximum atomic E-state index is 13.3. The smallest absolute Gasteiger partial charge is 0.253 e. The first-order valence-electron chi connectivity index (χ1n) is 9.80. The van der Waals surface area contributed by atoms with E-state index in [4.69, 9.17) is 0 Å². The Balaban J connectivity index is 2.03. The molecule has 2 heterocycles. The van der Waals surface area contributed by atoms with E-state index < -0.39 is 25.6 Å². The third-order valence-corrected chi connectivity index (χ3v) is 10.4. The Morgan fingerprint density at radius 1 is 1.20 bits per heavy atom. The number of hydrogen-bond acceptors (Lipinski definition) is 6. The molecule has 0 bridgehead atoms. The van der Waals surface area contributed by atoms with E-state index in [0.717, 1.165) is 22.5 Å². The number of nitrogens with one attached hydrogen (secondary N) is 2. The predicted molar refractivity (Wildman–Crippen MR) is 120 cm³/mol. The average Bonchev–Trinajstić information content (AvgIpc) is 3.07. The first-order chi connectivity index (χ1) is 13.8. The molecule has 3 rings (SSSR count). The molecule has 1 aliphatic heterocycles. The molecule has 1 aromatic heterocycles. The van der Waals surface area contributed by atoms with Crippen LogP contribution in [0, 0.1) is 6.92 Å². The Morgan fingerprint density at radius 3 is 2.40 bits per heavy atom. The quantitative estimate of drug-likeness (QED) is 0.675. The van der Waals surface area contributed by atoms with E-state index >= 15 is 0 Å². The van der Waals surface area contributed by atoms with Gasteiger partial charge in [0.2, 0.25) is 0 Å². The Morgan fingerprint density at radius 2 is 1.83 bits per heavy atom. The summed E-state index contributed by atoms with van der Waals surface area (Å²) in [7, 11) is -7.63. The molecule has 30 heavy (non-hydrogen) atoms. The van der Waals surface area contributed by atoms with E-state index in [1.165, 1.54) is 10.4 Å². The molecule has 2 aromatic rings. The number of fused-ring (bicyclic) bond motifs is 1. The molecular weight excluding hydrogens is 442 g/mol. The zero-order chi connectivity index (χ0) is 22.3. The largest absolute Gasteiger partial charge is 0.309 e. The van der Waals surface area contributed by atoms with Gasteiger partial charge in [-0.1, -0.05) is 36.8 Å². The SMILES string of the molecule is CCNC1CN(Cc2ccc(C)cc2)S(=O)(=O)c2sc(S(=O)(=O)NC(C)(C)C)cc21. The normalized spacial score (nSPS) is 19.6. The molecule has 7 nitrogen and oxygen atoms in total. The van der Waals surface area contributed by atoms with Crippen LogP contribution in [-0.4, -0.2) is 39.8 Å². The van der Waals surface area contributed by atoms with Gasteiger partial charge in [0.1, 0.15) is 8.42 Å². The highest BCUT2D eigenvalue weighted by Crippen LogP contribution is 2.40. The van der Waals surface area contributed by atoms with Gasteiger partial charge in [-0.3, -0.25) is 0 Å². The van der Waals surface area contributed by atoms with Crippen LogP contribution in [0.3, 0.4) is 0 Å². The zero-order valence-corrected chi connectivity index (χ0v) is 20.3. The van der Waals surface area contributed by atoms with Crippen molar-refractivity contribution in [2.75, 3.05) is 13.1 Å². The highest BCUT2D eigenvalue weighted by molar-refractivity contribution is 7.94. The van der Waals surface area contributed by atoms with Crippen molar-refractivity contribution in [2.45, 2.75) is 61.2 Å². The van der Waals surface area contributed by atoms with Crippen LogP contribution in [-0.2, 0) is 26.6 Å². The molecule has 0 radical (unpaired) electrons. The van der Waals surface area contributed by atoms with Crippen molar-refractivity contribution in [3.05, 3.63) is 47.0 Å². The van der Waals surface area contributed by atoms with Crippen LogP contribution in [0.1, 0.15) is 50.4 Å². The van der Waals surface area contributed by atoms with Crippen LogP contribution in [0.25, 0.3) is 0 Å². The lowest BCUT2D eigenvalue weighted by atomic mass is 10.1. The van der Waals surface area contributed by atoms with Gasteiger partial charge in [0.15, 0.2) is 0 Å². The van der Waals surface area contributed by atoms with Gasteiger partial charge < -0.3 is 5.32 Å². The number of rotatable bonds is 6. The molecule has 10 heteroatoms. The highest BCUT2D eigenvalue weighted by Gasteiger charge is 2.40. The number of benzene rings is 1. The summed E-state index contributed by atoms with van der Waals surface area (Å²) in [6, 6.07) is 8.97. The summed E-state index contributed by atoms with van der Waals surface area (Å²) in [5.41, 5.74) is 1.85. The molecule has 2 N–H and O–H groups in total. The third-order valence-electron chi connectivity index (χ3n) is 4.67. The fourth-order valence-corrected chi connectivity index (χ4v) is 8.63. The van der Waals surface area contributed by atoms with Crippen molar-refractivity contribution < 1.29 is 16.8 Å². The van der Waals surface area contributed by atoms with Gasteiger partial charge in [-0.25, -0.2) is 21.6 Å². The number of aryl methyl sites for hydroxylation is 1. The summed E-state index contributed by atoms with van der Waals surface area (Å²) in [4.78, 5) is 0. The number of nitrogens with zero attached hydrogens (tertiary/aromatic N) is 1. The average molecular weight is 472 g/mol. The van der Waals surface area contributed by atoms with Gasteiger partial charge in [0, 0.05) is 30.2 Å². The molecule has 0 aliphatic carbocycles. The maximum Gasteiger partial charge on any atom is 0.253 e. The first kappa shape index (κ1) is 23.4. The van der Waals surface area contributed by atoms with Crippen molar-refractivity contribution in [1.82, 2.24) is 14.3 Å². The summed E-state index contributed by atoms with van der Waals surface area (Å²) >= 11 is 0.816. The molecule has 0 saturated carbocycles. The second-order valence-electron chi connectivity index (χ2n) is 8.56. The number of hydrogen-bond donors (Lipinski definition) is 2. The minimum absolute atomic E-state index is 0.0195. The van der Waals surface area contributed by atoms with Crippen molar-refractivity contribution in [1.29, 1.82) is 0 Å². The second kappa shape index (κ2) is 8.33. The number of sulfonamides is 2. The van der Waals surface area contributed by atoms with Crippen LogP contribution >= 0.6 is 11.3 Å². The molecule has 0 fully saturated rings. The van der Waals surface area contributed by atoms with Crippen LogP contribution < -0.4 is 10.0 Å². The molecule has 0 amide bonds.